The summed E-state index contributed by atoms with van der Waals surface area (Å²) in [5, 5.41) is 0. The van der Waals surface area contributed by atoms with Gasteiger partial charge in [-0.1, -0.05) is 18.8 Å². The molecule has 1 heterocycles. The average Bonchev–Trinajstić information content (AvgIpc) is 2.71. The molecular formula is C18H25NO. The van der Waals surface area contributed by atoms with Crippen LogP contribution >= 0.6 is 0 Å². The van der Waals surface area contributed by atoms with Crippen LogP contribution in [0.1, 0.15) is 66.3 Å². The first-order valence-corrected chi connectivity index (χ1v) is 6.28. The number of likely N-dealkylation sites (N-methyl/N-ethyl adjacent to an activating group) is 1. The highest BCUT2D eigenvalue weighted by molar-refractivity contribution is 5.45. The molecule has 108 valence electrons. The maximum atomic E-state index is 9.53. The Bertz CT molecular complexity index is 1160. The molecule has 3 aliphatic rings. The lowest BCUT2D eigenvalue weighted by atomic mass is 9.52. The summed E-state index contributed by atoms with van der Waals surface area (Å²) in [4.78, 5) is -0.0209. The number of methoxy groups -OCH3 is 1. The second kappa shape index (κ2) is 4.49. The Kier molecular flexibility index (Phi) is 0.907. The molecular weight excluding hydrogens is 246 g/mol. The number of rotatable bonds is 1. The minimum absolute atomic E-state index is 0.0209. The van der Waals surface area contributed by atoms with Gasteiger partial charge in [-0.25, -0.2) is 0 Å². The Morgan fingerprint density at radius 1 is 1.50 bits per heavy atom. The van der Waals surface area contributed by atoms with Gasteiger partial charge in [0.05, 0.1) is 8.48 Å². The molecule has 0 radical (unpaired) electrons. The van der Waals surface area contributed by atoms with Crippen molar-refractivity contribution in [2.75, 3.05) is 20.6 Å². The zero-order valence-electron chi connectivity index (χ0n) is 27.8. The van der Waals surface area contributed by atoms with Crippen LogP contribution in [-0.2, 0) is 11.8 Å². The van der Waals surface area contributed by atoms with E-state index in [9.17, 15) is 1.37 Å². The predicted molar refractivity (Wildman–Crippen MR) is 81.4 cm³/mol. The Morgan fingerprint density at radius 2 is 2.45 bits per heavy atom. The van der Waals surface area contributed by atoms with Crippen LogP contribution in [0.5, 0.6) is 5.75 Å². The second-order valence-corrected chi connectivity index (χ2v) is 4.92. The molecule has 2 fully saturated rings. The Morgan fingerprint density at radius 3 is 3.30 bits per heavy atom. The van der Waals surface area contributed by atoms with Gasteiger partial charge in [-0.05, 0) is 68.1 Å². The Hall–Kier alpha value is -1.02. The third-order valence-electron chi connectivity index (χ3n) is 3.94. The van der Waals surface area contributed by atoms with Gasteiger partial charge in [0.1, 0.15) is 5.75 Å². The van der Waals surface area contributed by atoms with Gasteiger partial charge in [0.15, 0.2) is 0 Å². The summed E-state index contributed by atoms with van der Waals surface area (Å²) in [5.74, 6) is -3.79. The molecule has 2 heteroatoms. The Labute approximate surface area is 146 Å². The summed E-state index contributed by atoms with van der Waals surface area (Å²) in [7, 11) is 1.13. The predicted octanol–water partition coefficient (Wildman–Crippen LogP) is 3.38. The van der Waals surface area contributed by atoms with Crippen molar-refractivity contribution in [2.24, 2.45) is 5.89 Å². The van der Waals surface area contributed by atoms with E-state index in [4.69, 9.17) is 26.7 Å². The lowest BCUT2D eigenvalue weighted by Crippen LogP contribution is -2.59. The fraction of sp³-hybridized carbons (Fsp3) is 0.667. The molecule has 2 nitrogen and oxygen atoms in total. The monoisotopic (exact) mass is 288 g/mol. The molecule has 0 spiro atoms. The van der Waals surface area contributed by atoms with Gasteiger partial charge in [-0.3, -0.25) is 0 Å². The van der Waals surface area contributed by atoms with Gasteiger partial charge in [0.2, 0.25) is 0 Å². The van der Waals surface area contributed by atoms with E-state index in [2.05, 4.69) is 0 Å². The average molecular weight is 289 g/mol. The molecule has 2 bridgehead atoms. The van der Waals surface area contributed by atoms with Gasteiger partial charge < -0.3 is 9.64 Å². The van der Waals surface area contributed by atoms with Gasteiger partial charge in [-0.2, -0.15) is 0 Å². The summed E-state index contributed by atoms with van der Waals surface area (Å²) in [6.45, 7) is -7.16. The van der Waals surface area contributed by atoms with E-state index in [1.807, 2.05) is 0 Å². The van der Waals surface area contributed by atoms with Crippen LogP contribution in [0.4, 0.5) is 0 Å². The first kappa shape index (κ1) is 4.04. The van der Waals surface area contributed by atoms with Crippen molar-refractivity contribution in [3.63, 3.8) is 0 Å². The lowest BCUT2D eigenvalue weighted by Gasteiger charge is -2.58. The number of benzene rings is 1. The highest BCUT2D eigenvalue weighted by Crippen LogP contribution is 2.55. The van der Waals surface area contributed by atoms with Crippen LogP contribution in [-0.4, -0.2) is 31.5 Å². The van der Waals surface area contributed by atoms with Gasteiger partial charge >= 0.3 is 0 Å². The zero-order chi connectivity index (χ0) is 28.8. The van der Waals surface area contributed by atoms with Crippen molar-refractivity contribution >= 4 is 0 Å². The smallest absolute Gasteiger partial charge is 0.119 e. The van der Waals surface area contributed by atoms with E-state index in [0.717, 1.165) is 7.11 Å². The zero-order valence-corrected chi connectivity index (χ0v) is 10.8. The lowest BCUT2D eigenvalue weighted by molar-refractivity contribution is 0.00274. The summed E-state index contributed by atoms with van der Waals surface area (Å²) in [6, 6.07) is -0.472. The van der Waals surface area contributed by atoms with Gasteiger partial charge in [0, 0.05) is 33.4 Å². The molecule has 1 aromatic carbocycles. The van der Waals surface area contributed by atoms with Crippen molar-refractivity contribution in [1.82, 2.24) is 4.90 Å². The maximum absolute atomic E-state index is 9.53. The van der Waals surface area contributed by atoms with E-state index in [0.29, 0.717) is 0 Å². The molecule has 1 unspecified atom stereocenters. The van der Waals surface area contributed by atoms with Crippen LogP contribution in [0.3, 0.4) is 0 Å². The highest BCUT2D eigenvalue weighted by atomic mass is 16.5. The standard InChI is InChI=1S/C18H25NO/c1-19-10-9-18-8-4-3-5-15(18)17(19)11-13-6-7-14(20-2)12-16(13)18/h6-7,12,15,17H,3-5,8-11H2,1-2H3/t15-,17?,18+/m1/s1/i1D3,3D2,4D2,5D2,8D2,9D2,10D2,12D,15D. The van der Waals surface area contributed by atoms with Crippen molar-refractivity contribution in [1.29, 1.82) is 0 Å². The molecule has 1 aliphatic heterocycles. The van der Waals surface area contributed by atoms with Crippen molar-refractivity contribution in [3.8, 4) is 5.75 Å². The molecule has 0 N–H and O–H groups in total. The molecule has 20 heavy (non-hydrogen) atoms. The van der Waals surface area contributed by atoms with Crippen LogP contribution in [0.25, 0.3) is 0 Å². The number of hydrogen-bond donors (Lipinski definition) is 0. The van der Waals surface area contributed by atoms with Crippen molar-refractivity contribution in [3.05, 3.63) is 29.3 Å². The van der Waals surface area contributed by atoms with Crippen LogP contribution in [0.2, 0.25) is 0 Å². The molecule has 1 saturated heterocycles. The van der Waals surface area contributed by atoms with E-state index >= 15 is 0 Å². The summed E-state index contributed by atoms with van der Waals surface area (Å²) in [6.07, 6.45) is -20.0. The van der Waals surface area contributed by atoms with Gasteiger partial charge in [0.25, 0.3) is 0 Å². The fourth-order valence-corrected chi connectivity index (χ4v) is 2.96. The largest absolute Gasteiger partial charge is 0.497 e. The van der Waals surface area contributed by atoms with E-state index < -0.39 is 80.7 Å². The number of likely N-dealkylation sites (tertiary alicyclic amines) is 1. The molecule has 2 aliphatic carbocycles. The minimum atomic E-state index is -3.91. The first-order valence-electron chi connectivity index (χ1n) is 14.8. The van der Waals surface area contributed by atoms with E-state index in [-0.39, 0.29) is 16.2 Å². The van der Waals surface area contributed by atoms with Crippen LogP contribution in [0, 0.1) is 5.89 Å². The van der Waals surface area contributed by atoms with Crippen LogP contribution in [0.15, 0.2) is 18.2 Å². The van der Waals surface area contributed by atoms with Crippen LogP contribution < -0.4 is 4.74 Å². The number of piperidine rings is 1. The quantitative estimate of drug-likeness (QED) is 0.785. The number of nitrogens with zero attached hydrogens (tertiary/aromatic N) is 1. The molecule has 4 rings (SSSR count). The molecule has 1 saturated carbocycles. The first-order chi connectivity index (χ1) is 16.3. The maximum Gasteiger partial charge on any atom is 0.119 e. The fourth-order valence-electron chi connectivity index (χ4n) is 2.96. The number of ether oxygens (including phenoxy) is 1. The highest BCUT2D eigenvalue weighted by Gasteiger charge is 2.53. The SMILES string of the molecule is [2H]c1c(OC)ccc2c1[C@@]13C([2H])([2H])C([2H])([2H])N(C([2H])([2H])[2H])C(C2)[C@@]1([2H])C([2H])([2H])C([2H])([2H])C([2H])([2H])C3([2H])[2H]. The molecule has 3 atom stereocenters. The van der Waals surface area contributed by atoms with E-state index in [1.165, 1.54) is 12.1 Å². The molecule has 1 aromatic rings. The van der Waals surface area contributed by atoms with Crippen molar-refractivity contribution < 1.29 is 28.0 Å². The number of hydrogen-bond acceptors (Lipinski definition) is 2. The molecule has 0 amide bonds. The minimum Gasteiger partial charge on any atom is -0.497 e. The van der Waals surface area contributed by atoms with Crippen molar-refractivity contribution in [2.45, 2.75) is 49.7 Å². The third-order valence-corrected chi connectivity index (χ3v) is 3.94. The summed E-state index contributed by atoms with van der Waals surface area (Å²) in [5.41, 5.74) is -4.43. The topological polar surface area (TPSA) is 12.5 Å². The molecule has 0 aromatic heterocycles. The van der Waals surface area contributed by atoms with E-state index in [1.54, 1.807) is 0 Å². The normalized spacial score (nSPS) is 68.0. The third kappa shape index (κ3) is 1.60. The summed E-state index contributed by atoms with van der Waals surface area (Å²) < 4.78 is 152. The summed E-state index contributed by atoms with van der Waals surface area (Å²) >= 11 is 0. The number of fused-ring (bicyclic) bond motifs is 1. The Balaban J connectivity index is 2.40. The second-order valence-electron chi connectivity index (χ2n) is 4.92. The van der Waals surface area contributed by atoms with Gasteiger partial charge in [-0.15, -0.1) is 0 Å².